The van der Waals surface area contributed by atoms with Gasteiger partial charge in [-0.3, -0.25) is 4.79 Å². The van der Waals surface area contributed by atoms with Crippen molar-refractivity contribution in [3.8, 4) is 0 Å². The molecule has 0 aromatic carbocycles. The lowest BCUT2D eigenvalue weighted by atomic mass is 10.0. The first-order chi connectivity index (χ1) is 8.98. The fourth-order valence-electron chi connectivity index (χ4n) is 2.16. The third kappa shape index (κ3) is 1.89. The average molecular weight is 265 g/mol. The number of nitrogens with two attached hydrogens (primary N) is 1. The highest BCUT2D eigenvalue weighted by atomic mass is 19.1. The van der Waals surface area contributed by atoms with Gasteiger partial charge in [0, 0.05) is 13.1 Å². The van der Waals surface area contributed by atoms with Gasteiger partial charge in [-0.2, -0.15) is 4.98 Å². The Hall–Kier alpha value is -2.22. The molecule has 0 spiro atoms. The van der Waals surface area contributed by atoms with Crippen LogP contribution >= 0.6 is 0 Å². The summed E-state index contributed by atoms with van der Waals surface area (Å²) in [6, 6.07) is 2.80. The second kappa shape index (κ2) is 3.89. The van der Waals surface area contributed by atoms with Crippen molar-refractivity contribution in [1.82, 2.24) is 14.6 Å². The molecule has 1 aliphatic rings. The maximum atomic E-state index is 13.1. The smallest absolute Gasteiger partial charge is 0.325 e. The van der Waals surface area contributed by atoms with Crippen LogP contribution in [0, 0.1) is 5.82 Å². The van der Waals surface area contributed by atoms with E-state index in [0.717, 1.165) is 0 Å². The number of aliphatic carboxylic acids is 1. The molecular formula is C11H12FN5O2. The molecule has 1 atom stereocenters. The van der Waals surface area contributed by atoms with Crippen LogP contribution in [-0.2, 0) is 4.79 Å². The van der Waals surface area contributed by atoms with Crippen molar-refractivity contribution in [3.63, 3.8) is 0 Å². The SMILES string of the molecule is NC1(C(=O)O)CCN(c2nc3ccc(F)cn3n2)C1. The van der Waals surface area contributed by atoms with Crippen molar-refractivity contribution >= 4 is 17.6 Å². The Balaban J connectivity index is 1.92. The summed E-state index contributed by atoms with van der Waals surface area (Å²) >= 11 is 0. The first kappa shape index (κ1) is 11.8. The van der Waals surface area contributed by atoms with Gasteiger partial charge >= 0.3 is 5.97 Å². The lowest BCUT2D eigenvalue weighted by Gasteiger charge is -2.18. The van der Waals surface area contributed by atoms with Gasteiger partial charge in [-0.25, -0.2) is 8.91 Å². The number of carbonyl (C=O) groups is 1. The summed E-state index contributed by atoms with van der Waals surface area (Å²) in [6.07, 6.45) is 1.54. The summed E-state index contributed by atoms with van der Waals surface area (Å²) in [6.45, 7) is 0.601. The number of rotatable bonds is 2. The molecule has 2 aromatic rings. The fourth-order valence-corrected chi connectivity index (χ4v) is 2.16. The van der Waals surface area contributed by atoms with E-state index >= 15 is 0 Å². The highest BCUT2D eigenvalue weighted by molar-refractivity contribution is 5.80. The quantitative estimate of drug-likeness (QED) is 0.784. The molecule has 0 aliphatic carbocycles. The minimum absolute atomic E-state index is 0.141. The summed E-state index contributed by atoms with van der Waals surface area (Å²) < 4.78 is 14.4. The first-order valence-corrected chi connectivity index (χ1v) is 5.77. The molecule has 3 N–H and O–H groups in total. The Kier molecular flexibility index (Phi) is 2.42. The number of hydrogen-bond acceptors (Lipinski definition) is 5. The zero-order valence-corrected chi connectivity index (χ0v) is 9.95. The number of aromatic nitrogens is 3. The number of carboxylic acids is 1. The molecular weight excluding hydrogens is 253 g/mol. The van der Waals surface area contributed by atoms with Crippen molar-refractivity contribution in [1.29, 1.82) is 0 Å². The van der Waals surface area contributed by atoms with Gasteiger partial charge in [-0.05, 0) is 18.6 Å². The van der Waals surface area contributed by atoms with Crippen molar-refractivity contribution < 1.29 is 14.3 Å². The van der Waals surface area contributed by atoms with Crippen molar-refractivity contribution in [3.05, 3.63) is 24.1 Å². The second-order valence-corrected chi connectivity index (χ2v) is 4.69. The molecule has 0 saturated carbocycles. The van der Waals surface area contributed by atoms with Gasteiger partial charge < -0.3 is 15.7 Å². The lowest BCUT2D eigenvalue weighted by Crippen LogP contribution is -2.50. The molecule has 2 aromatic heterocycles. The minimum Gasteiger partial charge on any atom is -0.480 e. The van der Waals surface area contributed by atoms with Crippen LogP contribution in [0.3, 0.4) is 0 Å². The van der Waals surface area contributed by atoms with E-state index in [4.69, 9.17) is 10.8 Å². The van der Waals surface area contributed by atoms with E-state index in [-0.39, 0.29) is 6.54 Å². The van der Waals surface area contributed by atoms with Gasteiger partial charge in [-0.1, -0.05) is 0 Å². The largest absolute Gasteiger partial charge is 0.480 e. The van der Waals surface area contributed by atoms with Crippen molar-refractivity contribution in [2.45, 2.75) is 12.0 Å². The van der Waals surface area contributed by atoms with Gasteiger partial charge in [-0.15, -0.1) is 5.10 Å². The molecule has 1 unspecified atom stereocenters. The zero-order chi connectivity index (χ0) is 13.6. The van der Waals surface area contributed by atoms with Crippen LogP contribution < -0.4 is 10.6 Å². The van der Waals surface area contributed by atoms with E-state index in [1.54, 1.807) is 4.90 Å². The van der Waals surface area contributed by atoms with Crippen LogP contribution in [-0.4, -0.2) is 44.3 Å². The average Bonchev–Trinajstić information content (AvgIpc) is 2.93. The zero-order valence-electron chi connectivity index (χ0n) is 9.95. The Labute approximate surface area is 107 Å². The lowest BCUT2D eigenvalue weighted by molar-refractivity contribution is -0.142. The maximum absolute atomic E-state index is 13.1. The number of fused-ring (bicyclic) bond motifs is 1. The van der Waals surface area contributed by atoms with E-state index in [0.29, 0.717) is 24.6 Å². The Bertz CT molecular complexity index is 658. The van der Waals surface area contributed by atoms with Gasteiger partial charge in [0.25, 0.3) is 0 Å². The molecule has 19 heavy (non-hydrogen) atoms. The number of nitrogens with zero attached hydrogens (tertiary/aromatic N) is 4. The molecule has 1 saturated heterocycles. The van der Waals surface area contributed by atoms with E-state index in [9.17, 15) is 9.18 Å². The van der Waals surface area contributed by atoms with E-state index in [2.05, 4.69) is 10.1 Å². The monoisotopic (exact) mass is 265 g/mol. The van der Waals surface area contributed by atoms with Crippen molar-refractivity contribution in [2.75, 3.05) is 18.0 Å². The molecule has 100 valence electrons. The molecule has 0 bridgehead atoms. The molecule has 8 heteroatoms. The van der Waals surface area contributed by atoms with Gasteiger partial charge in [0.1, 0.15) is 11.4 Å². The summed E-state index contributed by atoms with van der Waals surface area (Å²) in [5.41, 5.74) is 5.01. The number of halogens is 1. The number of carboxylic acid groups (broad SMARTS) is 1. The topological polar surface area (TPSA) is 96.8 Å². The van der Waals surface area contributed by atoms with Crippen LogP contribution in [0.15, 0.2) is 18.3 Å². The molecule has 3 rings (SSSR count). The van der Waals surface area contributed by atoms with Gasteiger partial charge in [0.05, 0.1) is 6.20 Å². The normalized spacial score (nSPS) is 23.2. The Morgan fingerprint density at radius 3 is 3.00 bits per heavy atom. The van der Waals surface area contributed by atoms with Crippen molar-refractivity contribution in [2.24, 2.45) is 5.73 Å². The summed E-state index contributed by atoms with van der Waals surface area (Å²) in [5, 5.41) is 13.2. The van der Waals surface area contributed by atoms with Crippen LogP contribution in [0.1, 0.15) is 6.42 Å². The molecule has 7 nitrogen and oxygen atoms in total. The summed E-state index contributed by atoms with van der Waals surface area (Å²) in [5.74, 6) is -1.09. The van der Waals surface area contributed by atoms with Crippen LogP contribution in [0.4, 0.5) is 10.3 Å². The number of pyridine rings is 1. The summed E-state index contributed by atoms with van der Waals surface area (Å²) in [7, 11) is 0. The third-order valence-electron chi connectivity index (χ3n) is 3.29. The third-order valence-corrected chi connectivity index (χ3v) is 3.29. The van der Waals surface area contributed by atoms with Gasteiger partial charge in [0.2, 0.25) is 5.95 Å². The highest BCUT2D eigenvalue weighted by Crippen LogP contribution is 2.23. The standard InChI is InChI=1S/C11H12FN5O2/c12-7-1-2-8-14-10(15-17(8)5-7)16-4-3-11(13,6-16)9(18)19/h1-2,5H,3-4,6,13H2,(H,18,19). The number of anilines is 1. The van der Waals surface area contributed by atoms with Gasteiger partial charge in [0.15, 0.2) is 5.65 Å². The van der Waals surface area contributed by atoms with E-state index < -0.39 is 17.3 Å². The number of hydrogen-bond donors (Lipinski definition) is 2. The molecule has 1 aliphatic heterocycles. The second-order valence-electron chi connectivity index (χ2n) is 4.69. The highest BCUT2D eigenvalue weighted by Gasteiger charge is 2.42. The minimum atomic E-state index is -1.28. The molecule has 3 heterocycles. The predicted octanol–water partition coefficient (Wildman–Crippen LogP) is -0.139. The summed E-state index contributed by atoms with van der Waals surface area (Å²) in [4.78, 5) is 17.0. The van der Waals surface area contributed by atoms with E-state index in [1.807, 2.05) is 0 Å². The Morgan fingerprint density at radius 1 is 1.53 bits per heavy atom. The molecule has 0 radical (unpaired) electrons. The van der Waals surface area contributed by atoms with Crippen LogP contribution in [0.25, 0.3) is 5.65 Å². The molecule has 0 amide bonds. The van der Waals surface area contributed by atoms with E-state index in [1.165, 1.54) is 22.8 Å². The van der Waals surface area contributed by atoms with Crippen LogP contribution in [0.2, 0.25) is 0 Å². The van der Waals surface area contributed by atoms with Crippen LogP contribution in [0.5, 0.6) is 0 Å². The predicted molar refractivity (Wildman–Crippen MR) is 64.3 cm³/mol. The maximum Gasteiger partial charge on any atom is 0.325 e. The fraction of sp³-hybridized carbons (Fsp3) is 0.364. The first-order valence-electron chi connectivity index (χ1n) is 5.77. The molecule has 1 fully saturated rings. The Morgan fingerprint density at radius 2 is 2.32 bits per heavy atom.